The van der Waals surface area contributed by atoms with E-state index in [1.807, 2.05) is 6.92 Å². The quantitative estimate of drug-likeness (QED) is 0.814. The van der Waals surface area contributed by atoms with E-state index < -0.39 is 0 Å². The van der Waals surface area contributed by atoms with Crippen LogP contribution in [0.15, 0.2) is 24.3 Å². The second-order valence-corrected chi connectivity index (χ2v) is 5.19. The van der Waals surface area contributed by atoms with Crippen LogP contribution in [-0.2, 0) is 9.53 Å². The third-order valence-corrected chi connectivity index (χ3v) is 3.64. The number of rotatable bonds is 5. The summed E-state index contributed by atoms with van der Waals surface area (Å²) in [4.78, 5) is 11.5. The van der Waals surface area contributed by atoms with Crippen LogP contribution in [0.1, 0.15) is 49.1 Å². The fraction of sp³-hybridized carbons (Fsp3) is 0.533. The van der Waals surface area contributed by atoms with E-state index in [1.54, 1.807) is 0 Å². The Morgan fingerprint density at radius 3 is 2.78 bits per heavy atom. The lowest BCUT2D eigenvalue weighted by Crippen LogP contribution is -2.27. The molecule has 0 bridgehead atoms. The van der Waals surface area contributed by atoms with Crippen LogP contribution in [0.4, 0.5) is 0 Å². The third-order valence-electron chi connectivity index (χ3n) is 3.64. The van der Waals surface area contributed by atoms with Crippen LogP contribution in [0.25, 0.3) is 0 Å². The Bertz CT molecular complexity index is 424. The zero-order chi connectivity index (χ0) is 13.1. The second-order valence-electron chi connectivity index (χ2n) is 5.19. The molecule has 0 spiro atoms. The predicted octanol–water partition coefficient (Wildman–Crippen LogP) is 2.56. The number of ether oxygens (including phenoxy) is 1. The van der Waals surface area contributed by atoms with Crippen molar-refractivity contribution in [2.45, 2.75) is 44.1 Å². The lowest BCUT2D eigenvalue weighted by Gasteiger charge is -2.20. The molecule has 1 aliphatic carbocycles. The van der Waals surface area contributed by atoms with Crippen LogP contribution < -0.4 is 5.73 Å². The van der Waals surface area contributed by atoms with Crippen molar-refractivity contribution in [3.05, 3.63) is 35.4 Å². The summed E-state index contributed by atoms with van der Waals surface area (Å²) in [6.07, 6.45) is 2.91. The van der Waals surface area contributed by atoms with E-state index >= 15 is 0 Å². The predicted molar refractivity (Wildman–Crippen MR) is 71.4 cm³/mol. The van der Waals surface area contributed by atoms with Gasteiger partial charge in [0.2, 0.25) is 0 Å². The van der Waals surface area contributed by atoms with E-state index in [-0.39, 0.29) is 17.9 Å². The number of carbonyl (C=O) groups excluding carboxylic acids is 1. The Labute approximate surface area is 108 Å². The molecular formula is C15H21NO2. The standard InChI is InChI=1S/C15H21NO2/c1-10(16)14(9-15(17)18-2)13-5-3-4-12(8-13)11-6-7-11/h3-5,8,10-11,14H,6-7,9,16H2,1-2H3. The SMILES string of the molecule is COC(=O)CC(c1cccc(C2CC2)c1)C(C)N. The smallest absolute Gasteiger partial charge is 0.306 e. The van der Waals surface area contributed by atoms with Crippen molar-refractivity contribution in [1.82, 2.24) is 0 Å². The molecule has 0 aromatic heterocycles. The average molecular weight is 247 g/mol. The van der Waals surface area contributed by atoms with Gasteiger partial charge in [0.15, 0.2) is 0 Å². The number of hydrogen-bond donors (Lipinski definition) is 1. The minimum Gasteiger partial charge on any atom is -0.469 e. The highest BCUT2D eigenvalue weighted by atomic mass is 16.5. The maximum absolute atomic E-state index is 11.5. The van der Waals surface area contributed by atoms with Gasteiger partial charge in [-0.05, 0) is 36.8 Å². The maximum atomic E-state index is 11.5. The fourth-order valence-corrected chi connectivity index (χ4v) is 2.33. The number of hydrogen-bond acceptors (Lipinski definition) is 3. The van der Waals surface area contributed by atoms with Crippen LogP contribution in [0.2, 0.25) is 0 Å². The summed E-state index contributed by atoms with van der Waals surface area (Å²) >= 11 is 0. The van der Waals surface area contributed by atoms with Gasteiger partial charge in [0.1, 0.15) is 0 Å². The van der Waals surface area contributed by atoms with Crippen molar-refractivity contribution in [2.24, 2.45) is 5.73 Å². The molecule has 0 saturated heterocycles. The zero-order valence-electron chi connectivity index (χ0n) is 11.1. The molecule has 18 heavy (non-hydrogen) atoms. The highest BCUT2D eigenvalue weighted by molar-refractivity contribution is 5.70. The molecular weight excluding hydrogens is 226 g/mol. The molecule has 0 radical (unpaired) electrons. The van der Waals surface area contributed by atoms with Gasteiger partial charge in [-0.15, -0.1) is 0 Å². The van der Waals surface area contributed by atoms with Gasteiger partial charge in [0.25, 0.3) is 0 Å². The summed E-state index contributed by atoms with van der Waals surface area (Å²) in [6, 6.07) is 8.43. The average Bonchev–Trinajstić information content (AvgIpc) is 3.19. The number of benzene rings is 1. The van der Waals surface area contributed by atoms with Gasteiger partial charge in [-0.3, -0.25) is 4.79 Å². The zero-order valence-corrected chi connectivity index (χ0v) is 11.1. The first-order valence-electron chi connectivity index (χ1n) is 6.54. The molecule has 2 rings (SSSR count). The van der Waals surface area contributed by atoms with Gasteiger partial charge in [0.05, 0.1) is 13.5 Å². The van der Waals surface area contributed by atoms with Crippen molar-refractivity contribution in [3.8, 4) is 0 Å². The maximum Gasteiger partial charge on any atom is 0.306 e. The number of nitrogens with two attached hydrogens (primary N) is 1. The highest BCUT2D eigenvalue weighted by Crippen LogP contribution is 2.41. The van der Waals surface area contributed by atoms with Crippen molar-refractivity contribution in [3.63, 3.8) is 0 Å². The minimum atomic E-state index is -0.200. The first-order chi connectivity index (χ1) is 8.61. The monoisotopic (exact) mass is 247 g/mol. The summed E-state index contributed by atoms with van der Waals surface area (Å²) in [6.45, 7) is 1.94. The summed E-state index contributed by atoms with van der Waals surface area (Å²) in [7, 11) is 1.42. The minimum absolute atomic E-state index is 0.0381. The van der Waals surface area contributed by atoms with Gasteiger partial charge < -0.3 is 10.5 Å². The van der Waals surface area contributed by atoms with E-state index in [0.717, 1.165) is 11.5 Å². The number of carbonyl (C=O) groups is 1. The van der Waals surface area contributed by atoms with Crippen LogP contribution in [0.3, 0.4) is 0 Å². The Balaban J connectivity index is 2.18. The Hall–Kier alpha value is -1.35. The molecule has 0 amide bonds. The molecule has 2 unspecified atom stereocenters. The summed E-state index contributed by atoms with van der Waals surface area (Å²) in [5.41, 5.74) is 8.54. The van der Waals surface area contributed by atoms with Gasteiger partial charge in [-0.25, -0.2) is 0 Å². The van der Waals surface area contributed by atoms with E-state index in [0.29, 0.717) is 6.42 Å². The number of esters is 1. The van der Waals surface area contributed by atoms with Gasteiger partial charge in [-0.2, -0.15) is 0 Å². The second kappa shape index (κ2) is 5.53. The molecule has 1 aromatic rings. The number of methoxy groups -OCH3 is 1. The van der Waals surface area contributed by atoms with E-state index in [1.165, 1.54) is 25.5 Å². The van der Waals surface area contributed by atoms with Gasteiger partial charge >= 0.3 is 5.97 Å². The molecule has 1 fully saturated rings. The Morgan fingerprint density at radius 1 is 1.50 bits per heavy atom. The molecule has 1 aliphatic rings. The molecule has 0 aliphatic heterocycles. The van der Waals surface area contributed by atoms with Gasteiger partial charge in [-0.1, -0.05) is 24.3 Å². The van der Waals surface area contributed by atoms with Crippen molar-refractivity contribution < 1.29 is 9.53 Å². The topological polar surface area (TPSA) is 52.3 Å². The molecule has 2 N–H and O–H groups in total. The van der Waals surface area contributed by atoms with Crippen molar-refractivity contribution in [2.75, 3.05) is 7.11 Å². The highest BCUT2D eigenvalue weighted by Gasteiger charge is 2.26. The summed E-state index contributed by atoms with van der Waals surface area (Å²) < 4.78 is 4.75. The van der Waals surface area contributed by atoms with E-state index in [2.05, 4.69) is 24.3 Å². The lowest BCUT2D eigenvalue weighted by atomic mass is 9.88. The lowest BCUT2D eigenvalue weighted by molar-refractivity contribution is -0.141. The third kappa shape index (κ3) is 3.10. The van der Waals surface area contributed by atoms with Crippen LogP contribution in [0, 0.1) is 0 Å². The van der Waals surface area contributed by atoms with Gasteiger partial charge in [0, 0.05) is 12.0 Å². The van der Waals surface area contributed by atoms with Crippen molar-refractivity contribution >= 4 is 5.97 Å². The summed E-state index contributed by atoms with van der Waals surface area (Å²) in [5.74, 6) is 0.557. The Kier molecular flexibility index (Phi) is 4.02. The first kappa shape index (κ1) is 13.1. The molecule has 98 valence electrons. The Morgan fingerprint density at radius 2 is 2.22 bits per heavy atom. The molecule has 1 aromatic carbocycles. The normalized spacial score (nSPS) is 18.2. The van der Waals surface area contributed by atoms with Crippen molar-refractivity contribution in [1.29, 1.82) is 0 Å². The summed E-state index contributed by atoms with van der Waals surface area (Å²) in [5, 5.41) is 0. The van der Waals surface area contributed by atoms with Crippen LogP contribution >= 0.6 is 0 Å². The van der Waals surface area contributed by atoms with Crippen LogP contribution in [0.5, 0.6) is 0 Å². The van der Waals surface area contributed by atoms with E-state index in [4.69, 9.17) is 10.5 Å². The largest absolute Gasteiger partial charge is 0.469 e. The molecule has 3 heteroatoms. The molecule has 3 nitrogen and oxygen atoms in total. The fourth-order valence-electron chi connectivity index (χ4n) is 2.33. The molecule has 2 atom stereocenters. The first-order valence-corrected chi connectivity index (χ1v) is 6.54. The van der Waals surface area contributed by atoms with E-state index in [9.17, 15) is 4.79 Å². The molecule has 0 heterocycles. The van der Waals surface area contributed by atoms with Crippen LogP contribution in [-0.4, -0.2) is 19.1 Å². The molecule has 1 saturated carbocycles.